The van der Waals surface area contributed by atoms with Crippen LogP contribution in [-0.2, 0) is 0 Å². The summed E-state index contributed by atoms with van der Waals surface area (Å²) < 4.78 is 0. The van der Waals surface area contributed by atoms with Crippen molar-refractivity contribution in [2.24, 2.45) is 16.7 Å². The molecule has 0 aliphatic heterocycles. The fourth-order valence-corrected chi connectivity index (χ4v) is 5.41. The fraction of sp³-hybridized carbons (Fsp3) is 0.625. The van der Waals surface area contributed by atoms with Crippen molar-refractivity contribution in [3.8, 4) is 0 Å². The van der Waals surface area contributed by atoms with Crippen molar-refractivity contribution in [1.29, 1.82) is 0 Å². The Balaban J connectivity index is 1.96. The zero-order valence-corrected chi connectivity index (χ0v) is 14.3. The van der Waals surface area contributed by atoms with E-state index in [2.05, 4.69) is 26.1 Å². The molecule has 0 radical (unpaired) electrons. The number of hydrogen-bond acceptors (Lipinski definition) is 1. The van der Waals surface area contributed by atoms with Crippen LogP contribution in [0.1, 0.15) is 40.0 Å². The lowest BCUT2D eigenvalue weighted by Gasteiger charge is -2.44. The lowest BCUT2D eigenvalue weighted by molar-refractivity contribution is 0.155. The van der Waals surface area contributed by atoms with Gasteiger partial charge >= 0.3 is 0 Å². The maximum atomic E-state index is 6.32. The lowest BCUT2D eigenvalue weighted by atomic mass is 9.68. The first-order valence-electron chi connectivity index (χ1n) is 7.15. The van der Waals surface area contributed by atoms with Gasteiger partial charge in [0.2, 0.25) is 0 Å². The predicted octanol–water partition coefficient (Wildman–Crippen LogP) is 6.27. The van der Waals surface area contributed by atoms with Gasteiger partial charge < -0.3 is 5.32 Å². The summed E-state index contributed by atoms with van der Waals surface area (Å²) in [6.07, 6.45) is 3.91. The van der Waals surface area contributed by atoms with E-state index in [1.165, 1.54) is 19.3 Å². The van der Waals surface area contributed by atoms with Crippen molar-refractivity contribution in [3.05, 3.63) is 27.2 Å². The van der Waals surface area contributed by atoms with Gasteiger partial charge in [-0.25, -0.2) is 0 Å². The molecule has 1 aromatic rings. The Kier molecular flexibility index (Phi) is 3.48. The Morgan fingerprint density at radius 2 is 1.70 bits per heavy atom. The lowest BCUT2D eigenvalue weighted by Crippen LogP contribution is -2.45. The summed E-state index contributed by atoms with van der Waals surface area (Å²) in [4.78, 5) is 0. The van der Waals surface area contributed by atoms with Crippen molar-refractivity contribution in [3.63, 3.8) is 0 Å². The standard InChI is InChI=1S/C16H20Cl3N/c1-15(2)9-4-5-16(3,8-9)14(15)20-13-11(18)6-10(17)7-12(13)19/h6-7,9,14,20H,4-5,8H2,1-3H3/t9-,14?,16+/m0/s1. The Bertz CT molecular complexity index is 527. The number of hydrogen-bond donors (Lipinski definition) is 1. The van der Waals surface area contributed by atoms with Crippen LogP contribution in [0, 0.1) is 16.7 Å². The Morgan fingerprint density at radius 3 is 2.20 bits per heavy atom. The molecule has 4 heteroatoms. The van der Waals surface area contributed by atoms with E-state index in [1.54, 1.807) is 12.1 Å². The third kappa shape index (κ3) is 2.14. The molecule has 0 saturated heterocycles. The molecule has 3 atom stereocenters. The van der Waals surface area contributed by atoms with Crippen LogP contribution in [0.2, 0.25) is 15.1 Å². The monoisotopic (exact) mass is 331 g/mol. The molecule has 110 valence electrons. The van der Waals surface area contributed by atoms with Crippen molar-refractivity contribution >= 4 is 40.5 Å². The number of rotatable bonds is 2. The summed E-state index contributed by atoms with van der Waals surface area (Å²) in [5.41, 5.74) is 1.42. The molecular weight excluding hydrogens is 313 g/mol. The largest absolute Gasteiger partial charge is 0.379 e. The summed E-state index contributed by atoms with van der Waals surface area (Å²) in [5.74, 6) is 0.787. The zero-order chi connectivity index (χ0) is 14.7. The molecule has 2 bridgehead atoms. The van der Waals surface area contributed by atoms with Gasteiger partial charge in [0, 0.05) is 11.1 Å². The maximum absolute atomic E-state index is 6.32. The highest BCUT2D eigenvalue weighted by Crippen LogP contribution is 2.63. The third-order valence-electron chi connectivity index (χ3n) is 5.57. The van der Waals surface area contributed by atoms with Crippen LogP contribution < -0.4 is 5.32 Å². The zero-order valence-electron chi connectivity index (χ0n) is 12.1. The molecule has 2 aliphatic rings. The number of anilines is 1. The van der Waals surface area contributed by atoms with Crippen LogP contribution in [-0.4, -0.2) is 6.04 Å². The maximum Gasteiger partial charge on any atom is 0.0722 e. The molecular formula is C16H20Cl3N. The minimum absolute atomic E-state index is 0.263. The van der Waals surface area contributed by atoms with E-state index < -0.39 is 0 Å². The number of benzene rings is 1. The molecule has 1 N–H and O–H groups in total. The second-order valence-corrected chi connectivity index (χ2v) is 8.49. The van der Waals surface area contributed by atoms with Gasteiger partial charge in [-0.15, -0.1) is 0 Å². The molecule has 0 heterocycles. The van der Waals surface area contributed by atoms with Gasteiger partial charge in [-0.3, -0.25) is 0 Å². The quantitative estimate of drug-likeness (QED) is 0.672. The summed E-state index contributed by atoms with van der Waals surface area (Å²) in [5, 5.41) is 5.42. The normalized spacial score (nSPS) is 34.5. The minimum atomic E-state index is 0.263. The van der Waals surface area contributed by atoms with Crippen LogP contribution in [0.5, 0.6) is 0 Å². The van der Waals surface area contributed by atoms with Gasteiger partial charge in [0.1, 0.15) is 0 Å². The second-order valence-electron chi connectivity index (χ2n) is 7.24. The first-order valence-corrected chi connectivity index (χ1v) is 8.28. The highest BCUT2D eigenvalue weighted by molar-refractivity contribution is 6.41. The summed E-state index contributed by atoms with van der Waals surface area (Å²) in [6, 6.07) is 3.89. The van der Waals surface area contributed by atoms with Crippen LogP contribution in [0.25, 0.3) is 0 Å². The smallest absolute Gasteiger partial charge is 0.0722 e. The number of halogens is 3. The fourth-order valence-electron chi connectivity index (χ4n) is 4.49. The van der Waals surface area contributed by atoms with Crippen molar-refractivity contribution in [1.82, 2.24) is 0 Å². The van der Waals surface area contributed by atoms with E-state index in [9.17, 15) is 0 Å². The number of nitrogens with one attached hydrogen (secondary N) is 1. The average molecular weight is 333 g/mol. The van der Waals surface area contributed by atoms with Gasteiger partial charge in [-0.05, 0) is 48.1 Å². The van der Waals surface area contributed by atoms with Crippen molar-refractivity contribution in [2.45, 2.75) is 46.1 Å². The molecule has 1 nitrogen and oxygen atoms in total. The summed E-state index contributed by atoms with van der Waals surface area (Å²) in [7, 11) is 0. The van der Waals surface area contributed by atoms with Gasteiger partial charge in [-0.2, -0.15) is 0 Å². The summed E-state index contributed by atoms with van der Waals surface area (Å²) in [6.45, 7) is 7.10. The van der Waals surface area contributed by atoms with E-state index in [4.69, 9.17) is 34.8 Å². The molecule has 20 heavy (non-hydrogen) atoms. The Morgan fingerprint density at radius 1 is 1.10 bits per heavy atom. The van der Waals surface area contributed by atoms with E-state index in [1.807, 2.05) is 0 Å². The highest BCUT2D eigenvalue weighted by Gasteiger charge is 2.59. The molecule has 2 fully saturated rings. The molecule has 1 unspecified atom stereocenters. The molecule has 0 spiro atoms. The molecule has 2 aliphatic carbocycles. The van der Waals surface area contributed by atoms with Gasteiger partial charge in [-0.1, -0.05) is 55.6 Å². The van der Waals surface area contributed by atoms with E-state index in [-0.39, 0.29) is 5.41 Å². The third-order valence-corrected chi connectivity index (χ3v) is 6.38. The first kappa shape index (κ1) is 14.8. The minimum Gasteiger partial charge on any atom is -0.379 e. The summed E-state index contributed by atoms with van der Waals surface area (Å²) >= 11 is 18.6. The Hall–Kier alpha value is -0.110. The van der Waals surface area contributed by atoms with Gasteiger partial charge in [0.25, 0.3) is 0 Å². The van der Waals surface area contributed by atoms with Crippen LogP contribution >= 0.6 is 34.8 Å². The van der Waals surface area contributed by atoms with Gasteiger partial charge in [0.15, 0.2) is 0 Å². The number of fused-ring (bicyclic) bond motifs is 2. The SMILES string of the molecule is CC1(C)C(Nc2c(Cl)cc(Cl)cc2Cl)[C@]2(C)CC[C@H]1C2. The molecule has 1 aromatic carbocycles. The average Bonchev–Trinajstić information content (AvgIpc) is 2.77. The van der Waals surface area contributed by atoms with E-state index in [0.29, 0.717) is 26.5 Å². The van der Waals surface area contributed by atoms with E-state index in [0.717, 1.165) is 11.6 Å². The van der Waals surface area contributed by atoms with Gasteiger partial charge in [0.05, 0.1) is 15.7 Å². The first-order chi connectivity index (χ1) is 9.24. The topological polar surface area (TPSA) is 12.0 Å². The molecule has 3 rings (SSSR count). The van der Waals surface area contributed by atoms with Crippen molar-refractivity contribution < 1.29 is 0 Å². The predicted molar refractivity (Wildman–Crippen MR) is 88.1 cm³/mol. The van der Waals surface area contributed by atoms with Crippen molar-refractivity contribution in [2.75, 3.05) is 5.32 Å². The van der Waals surface area contributed by atoms with Crippen LogP contribution in [0.4, 0.5) is 5.69 Å². The molecule has 0 aromatic heterocycles. The second kappa shape index (κ2) is 4.69. The highest BCUT2D eigenvalue weighted by atomic mass is 35.5. The molecule has 2 saturated carbocycles. The van der Waals surface area contributed by atoms with Crippen LogP contribution in [0.3, 0.4) is 0 Å². The van der Waals surface area contributed by atoms with Crippen LogP contribution in [0.15, 0.2) is 12.1 Å². The Labute approximate surface area is 136 Å². The van der Waals surface area contributed by atoms with E-state index >= 15 is 0 Å². The molecule has 0 amide bonds.